The molecule has 0 amide bonds. The minimum Gasteiger partial charge on any atom is -0.480 e. The van der Waals surface area contributed by atoms with Crippen LogP contribution < -0.4 is 10.5 Å². The van der Waals surface area contributed by atoms with E-state index in [1.165, 1.54) is 12.1 Å². The number of rotatable bonds is 9. The lowest BCUT2D eigenvalue weighted by atomic mass is 10.1. The summed E-state index contributed by atoms with van der Waals surface area (Å²) in [5.74, 6) is -1.21. The van der Waals surface area contributed by atoms with Crippen LogP contribution in [0.25, 0.3) is 11.1 Å². The van der Waals surface area contributed by atoms with Gasteiger partial charge in [-0.25, -0.2) is 8.42 Å². The summed E-state index contributed by atoms with van der Waals surface area (Å²) < 4.78 is 27.2. The van der Waals surface area contributed by atoms with Crippen LogP contribution in [-0.2, 0) is 14.8 Å². The Bertz CT molecular complexity index is 836. The number of sulfonamides is 1. The van der Waals surface area contributed by atoms with E-state index in [-0.39, 0.29) is 11.3 Å². The fourth-order valence-corrected chi connectivity index (χ4v) is 3.80. The number of halogens is 1. The van der Waals surface area contributed by atoms with E-state index in [1.54, 1.807) is 24.3 Å². The summed E-state index contributed by atoms with van der Waals surface area (Å²) in [5, 5.41) is 9.85. The molecule has 4 N–H and O–H groups in total. The highest BCUT2D eigenvalue weighted by molar-refractivity contribution is 7.89. The zero-order valence-electron chi connectivity index (χ0n) is 14.1. The van der Waals surface area contributed by atoms with Gasteiger partial charge in [0.05, 0.1) is 4.90 Å². The van der Waals surface area contributed by atoms with Crippen molar-refractivity contribution in [3.63, 3.8) is 0 Å². The van der Waals surface area contributed by atoms with Crippen LogP contribution in [0.15, 0.2) is 53.4 Å². The molecule has 1 atom stereocenters. The van der Waals surface area contributed by atoms with Crippen molar-refractivity contribution < 1.29 is 18.3 Å². The second-order valence-electron chi connectivity index (χ2n) is 5.83. The topological polar surface area (TPSA) is 109 Å². The van der Waals surface area contributed by atoms with Gasteiger partial charge in [0.25, 0.3) is 0 Å². The molecule has 6 nitrogen and oxygen atoms in total. The van der Waals surface area contributed by atoms with Gasteiger partial charge in [0.2, 0.25) is 10.0 Å². The molecule has 0 bridgehead atoms. The monoisotopic (exact) mass is 396 g/mol. The maximum atomic E-state index is 12.5. The van der Waals surface area contributed by atoms with Crippen LogP contribution in [0.3, 0.4) is 0 Å². The zero-order chi connectivity index (χ0) is 19.2. The Morgan fingerprint density at radius 3 is 2.08 bits per heavy atom. The lowest BCUT2D eigenvalue weighted by molar-refractivity contribution is -0.139. The highest BCUT2D eigenvalue weighted by Crippen LogP contribution is 2.23. The summed E-state index contributed by atoms with van der Waals surface area (Å²) >= 11 is 5.86. The van der Waals surface area contributed by atoms with Gasteiger partial charge in [0.1, 0.15) is 6.04 Å². The second-order valence-corrected chi connectivity index (χ2v) is 7.98. The first-order chi connectivity index (χ1) is 12.3. The molecule has 2 aromatic rings. The number of nitrogens with one attached hydrogen (secondary N) is 1. The molecule has 2 aromatic carbocycles. The van der Waals surface area contributed by atoms with Crippen LogP contribution in [-0.4, -0.2) is 32.1 Å². The largest absolute Gasteiger partial charge is 0.480 e. The molecule has 0 fully saturated rings. The Morgan fingerprint density at radius 1 is 1.04 bits per heavy atom. The summed E-state index contributed by atoms with van der Waals surface area (Å²) in [5.41, 5.74) is 7.12. The van der Waals surface area contributed by atoms with E-state index in [1.807, 2.05) is 12.1 Å². The SMILES string of the molecule is NCCCC[C@H](NS(=O)(=O)c1ccc(-c2ccc(Cl)cc2)cc1)C(=O)O. The Balaban J connectivity index is 2.14. The lowest BCUT2D eigenvalue weighted by Gasteiger charge is -2.15. The molecule has 0 aromatic heterocycles. The average molecular weight is 397 g/mol. The third-order valence-corrected chi connectivity index (χ3v) is 5.62. The van der Waals surface area contributed by atoms with Crippen molar-refractivity contribution in [1.29, 1.82) is 0 Å². The molecule has 0 heterocycles. The molecule has 0 aliphatic heterocycles. The normalized spacial score (nSPS) is 12.7. The number of carboxylic acid groups (broad SMARTS) is 1. The molecule has 0 radical (unpaired) electrons. The smallest absolute Gasteiger partial charge is 0.321 e. The first kappa shape index (κ1) is 20.4. The molecule has 0 aliphatic carbocycles. The molecule has 0 spiro atoms. The predicted octanol–water partition coefficient (Wildman–Crippen LogP) is 2.87. The van der Waals surface area contributed by atoms with E-state index < -0.39 is 22.0 Å². The van der Waals surface area contributed by atoms with Gasteiger partial charge >= 0.3 is 5.97 Å². The molecule has 8 heteroatoms. The van der Waals surface area contributed by atoms with Gasteiger partial charge in [-0.3, -0.25) is 4.79 Å². The fourth-order valence-electron chi connectivity index (χ4n) is 2.45. The van der Waals surface area contributed by atoms with E-state index in [0.29, 0.717) is 24.4 Å². The number of carboxylic acids is 1. The fraction of sp³-hybridized carbons (Fsp3) is 0.278. The van der Waals surface area contributed by atoms with Gasteiger partial charge in [0.15, 0.2) is 0 Å². The first-order valence-corrected chi connectivity index (χ1v) is 10.0. The molecule has 0 saturated carbocycles. The molecule has 0 unspecified atom stereocenters. The summed E-state index contributed by atoms with van der Waals surface area (Å²) in [6.45, 7) is 0.436. The third-order valence-electron chi connectivity index (χ3n) is 3.88. The number of benzene rings is 2. The number of hydrogen-bond donors (Lipinski definition) is 3. The summed E-state index contributed by atoms with van der Waals surface area (Å²) in [6, 6.07) is 12.2. The summed E-state index contributed by atoms with van der Waals surface area (Å²) in [6.07, 6.45) is 1.36. The maximum Gasteiger partial charge on any atom is 0.321 e. The van der Waals surface area contributed by atoms with Gasteiger partial charge in [-0.05, 0) is 54.8 Å². The van der Waals surface area contributed by atoms with E-state index in [4.69, 9.17) is 17.3 Å². The molecule has 140 valence electrons. The van der Waals surface area contributed by atoms with Crippen LogP contribution in [0, 0.1) is 0 Å². The van der Waals surface area contributed by atoms with E-state index in [0.717, 1.165) is 11.1 Å². The highest BCUT2D eigenvalue weighted by Gasteiger charge is 2.24. The Morgan fingerprint density at radius 2 is 1.58 bits per heavy atom. The summed E-state index contributed by atoms with van der Waals surface area (Å²) in [4.78, 5) is 11.3. The van der Waals surface area contributed by atoms with Crippen LogP contribution in [0.4, 0.5) is 0 Å². The molecule has 26 heavy (non-hydrogen) atoms. The van der Waals surface area contributed by atoms with Crippen LogP contribution in [0.1, 0.15) is 19.3 Å². The number of hydrogen-bond acceptors (Lipinski definition) is 4. The molecular formula is C18H21ClN2O4S. The van der Waals surface area contributed by atoms with E-state index in [9.17, 15) is 18.3 Å². The number of aliphatic carboxylic acids is 1. The van der Waals surface area contributed by atoms with Crippen molar-refractivity contribution in [1.82, 2.24) is 4.72 Å². The minimum absolute atomic E-state index is 0.0142. The van der Waals surface area contributed by atoms with Crippen LogP contribution in [0.2, 0.25) is 5.02 Å². The van der Waals surface area contributed by atoms with Gasteiger partial charge in [0, 0.05) is 5.02 Å². The van der Waals surface area contributed by atoms with Crippen molar-refractivity contribution in [2.45, 2.75) is 30.2 Å². The third kappa shape index (κ3) is 5.54. The Kier molecular flexibility index (Phi) is 7.16. The minimum atomic E-state index is -3.93. The molecule has 2 rings (SSSR count). The lowest BCUT2D eigenvalue weighted by Crippen LogP contribution is -2.40. The Labute approximate surface area is 158 Å². The first-order valence-electron chi connectivity index (χ1n) is 8.14. The molecule has 0 aliphatic rings. The van der Waals surface area contributed by atoms with Crippen molar-refractivity contribution in [2.75, 3.05) is 6.54 Å². The quantitative estimate of drug-likeness (QED) is 0.564. The number of nitrogens with two attached hydrogens (primary N) is 1. The molecular weight excluding hydrogens is 376 g/mol. The van der Waals surface area contributed by atoms with Crippen LogP contribution >= 0.6 is 11.6 Å². The van der Waals surface area contributed by atoms with Gasteiger partial charge in [-0.2, -0.15) is 4.72 Å². The summed E-state index contributed by atoms with van der Waals surface area (Å²) in [7, 11) is -3.93. The predicted molar refractivity (Wildman–Crippen MR) is 102 cm³/mol. The Hall–Kier alpha value is -1.93. The van der Waals surface area contributed by atoms with Crippen molar-refractivity contribution in [3.8, 4) is 11.1 Å². The standard InChI is InChI=1S/C18H21ClN2O4S/c19-15-8-4-13(5-9-15)14-6-10-16(11-7-14)26(24,25)21-17(18(22)23)3-1-2-12-20/h4-11,17,21H,1-3,12,20H2,(H,22,23)/t17-/m0/s1. The zero-order valence-corrected chi connectivity index (χ0v) is 15.6. The van der Waals surface area contributed by atoms with Crippen molar-refractivity contribution >= 4 is 27.6 Å². The van der Waals surface area contributed by atoms with Gasteiger partial charge in [-0.15, -0.1) is 0 Å². The maximum absolute atomic E-state index is 12.5. The second kappa shape index (κ2) is 9.14. The molecule has 0 saturated heterocycles. The van der Waals surface area contributed by atoms with Crippen molar-refractivity contribution in [2.24, 2.45) is 5.73 Å². The van der Waals surface area contributed by atoms with Crippen LogP contribution in [0.5, 0.6) is 0 Å². The highest BCUT2D eigenvalue weighted by atomic mass is 35.5. The van der Waals surface area contributed by atoms with E-state index >= 15 is 0 Å². The number of carbonyl (C=O) groups is 1. The van der Waals surface area contributed by atoms with Gasteiger partial charge in [-0.1, -0.05) is 42.3 Å². The van der Waals surface area contributed by atoms with E-state index in [2.05, 4.69) is 4.72 Å². The number of unbranched alkanes of at least 4 members (excludes halogenated alkanes) is 1. The van der Waals surface area contributed by atoms with Crippen molar-refractivity contribution in [3.05, 3.63) is 53.6 Å². The van der Waals surface area contributed by atoms with Gasteiger partial charge < -0.3 is 10.8 Å². The average Bonchev–Trinajstić information content (AvgIpc) is 2.61.